The lowest BCUT2D eigenvalue weighted by molar-refractivity contribution is -0.302. The average Bonchev–Trinajstić information content (AvgIpc) is 3.65. The molecule has 1 fully saturated rings. The van der Waals surface area contributed by atoms with Crippen LogP contribution in [-0.2, 0) is 14.3 Å². The van der Waals surface area contributed by atoms with Crippen LogP contribution in [0, 0.1) is 0 Å². The number of hydrogen-bond donors (Lipinski definition) is 6. The van der Waals surface area contributed by atoms with E-state index in [0.29, 0.717) is 12.8 Å². The summed E-state index contributed by atoms with van der Waals surface area (Å²) < 4.78 is 11.4. The topological polar surface area (TPSA) is 149 Å². The van der Waals surface area contributed by atoms with Crippen LogP contribution in [-0.4, -0.2) is 87.5 Å². The molecule has 0 aromatic heterocycles. The van der Waals surface area contributed by atoms with E-state index in [0.717, 1.165) is 77.0 Å². The van der Waals surface area contributed by atoms with E-state index in [4.69, 9.17) is 9.47 Å². The molecule has 1 heterocycles. The zero-order valence-corrected chi connectivity index (χ0v) is 56.3. The fourth-order valence-electron chi connectivity index (χ4n) is 11.8. The highest BCUT2D eigenvalue weighted by molar-refractivity contribution is 5.76. The molecule has 6 N–H and O–H groups in total. The molecule has 0 aromatic carbocycles. The maximum Gasteiger partial charge on any atom is 0.220 e. The van der Waals surface area contributed by atoms with Crippen molar-refractivity contribution in [3.8, 4) is 0 Å². The normalized spacial score (nSPS) is 18.4. The van der Waals surface area contributed by atoms with Gasteiger partial charge in [0.1, 0.15) is 24.4 Å². The minimum atomic E-state index is -1.56. The van der Waals surface area contributed by atoms with Gasteiger partial charge in [0.15, 0.2) is 6.29 Å². The summed E-state index contributed by atoms with van der Waals surface area (Å²) in [5, 5.41) is 55.0. The van der Waals surface area contributed by atoms with Crippen LogP contribution in [0.3, 0.4) is 0 Å². The van der Waals surface area contributed by atoms with E-state index in [9.17, 15) is 30.3 Å². The van der Waals surface area contributed by atoms with Crippen molar-refractivity contribution < 1.29 is 39.8 Å². The summed E-state index contributed by atoms with van der Waals surface area (Å²) >= 11 is 0. The largest absolute Gasteiger partial charge is 0.394 e. The molecule has 0 spiro atoms. The summed E-state index contributed by atoms with van der Waals surface area (Å²) in [6.07, 6.45) is 85.5. The molecule has 7 atom stereocenters. The molecule has 1 aliphatic heterocycles. The number of carbonyl (C=O) groups excluding carboxylic acids is 1. The first-order valence-electron chi connectivity index (χ1n) is 37.1. The predicted molar refractivity (Wildman–Crippen MR) is 369 cm³/mol. The number of amides is 1. The zero-order chi connectivity index (χ0) is 62.1. The third kappa shape index (κ3) is 53.5. The highest BCUT2D eigenvalue weighted by Gasteiger charge is 2.44. The van der Waals surface area contributed by atoms with Gasteiger partial charge in [-0.25, -0.2) is 0 Å². The van der Waals surface area contributed by atoms with Crippen molar-refractivity contribution in [3.05, 3.63) is 72.9 Å². The van der Waals surface area contributed by atoms with Crippen LogP contribution < -0.4 is 5.32 Å². The number of aliphatic hydroxyl groups excluding tert-OH is 5. The lowest BCUT2D eigenvalue weighted by Crippen LogP contribution is -2.60. The molecule has 86 heavy (non-hydrogen) atoms. The predicted octanol–water partition coefficient (Wildman–Crippen LogP) is 20.7. The highest BCUT2D eigenvalue weighted by Crippen LogP contribution is 2.24. The summed E-state index contributed by atoms with van der Waals surface area (Å²) in [5.41, 5.74) is 0. The molecule has 9 heteroatoms. The van der Waals surface area contributed by atoms with E-state index in [1.807, 2.05) is 0 Å². The SMILES string of the molecule is CC/C=C\C/C=C\C/C=C\C/C=C\C/C=C\C/C=C\CCCCCCCCCCCCCCCCCCC(=O)NC(COC1OC(CO)C(O)C(O)C1O)C(O)CCCCCCCCCCCCCCCCCCCCCCCCCCCCCC. The van der Waals surface area contributed by atoms with Crippen LogP contribution in [0.25, 0.3) is 0 Å². The molecule has 502 valence electrons. The molecule has 9 nitrogen and oxygen atoms in total. The monoisotopic (exact) mass is 1210 g/mol. The number of allylic oxidation sites excluding steroid dienone is 12. The van der Waals surface area contributed by atoms with Crippen molar-refractivity contribution in [1.82, 2.24) is 5.32 Å². The van der Waals surface area contributed by atoms with Crippen LogP contribution in [0.5, 0.6) is 0 Å². The van der Waals surface area contributed by atoms with Crippen LogP contribution in [0.2, 0.25) is 0 Å². The Morgan fingerprint density at radius 3 is 1.07 bits per heavy atom. The second-order valence-electron chi connectivity index (χ2n) is 25.7. The van der Waals surface area contributed by atoms with Crippen molar-refractivity contribution in [2.24, 2.45) is 0 Å². The quantitative estimate of drug-likeness (QED) is 0.0261. The van der Waals surface area contributed by atoms with E-state index in [1.165, 1.54) is 250 Å². The van der Waals surface area contributed by atoms with Gasteiger partial charge in [0, 0.05) is 6.42 Å². The van der Waals surface area contributed by atoms with Gasteiger partial charge in [-0.05, 0) is 64.2 Å². The van der Waals surface area contributed by atoms with Gasteiger partial charge >= 0.3 is 0 Å². The van der Waals surface area contributed by atoms with Gasteiger partial charge in [-0.15, -0.1) is 0 Å². The Kier molecular flexibility index (Phi) is 62.3. The Labute approximate surface area is 531 Å². The first-order chi connectivity index (χ1) is 42.3. The van der Waals surface area contributed by atoms with Gasteiger partial charge < -0.3 is 40.3 Å². The van der Waals surface area contributed by atoms with Gasteiger partial charge in [0.05, 0.1) is 25.4 Å². The first kappa shape index (κ1) is 81.6. The van der Waals surface area contributed by atoms with Gasteiger partial charge in [-0.2, -0.15) is 0 Å². The Morgan fingerprint density at radius 1 is 0.407 bits per heavy atom. The highest BCUT2D eigenvalue weighted by atomic mass is 16.7. The molecule has 1 rings (SSSR count). The van der Waals surface area contributed by atoms with Gasteiger partial charge in [0.2, 0.25) is 5.91 Å². The summed E-state index contributed by atoms with van der Waals surface area (Å²) in [7, 11) is 0. The van der Waals surface area contributed by atoms with Crippen molar-refractivity contribution in [1.29, 1.82) is 0 Å². The Bertz CT molecular complexity index is 1590. The van der Waals surface area contributed by atoms with Crippen molar-refractivity contribution in [2.45, 2.75) is 397 Å². The molecule has 0 aliphatic carbocycles. The molecule has 7 unspecified atom stereocenters. The molecule has 1 aliphatic rings. The van der Waals surface area contributed by atoms with Gasteiger partial charge in [0.25, 0.3) is 0 Å². The summed E-state index contributed by atoms with van der Waals surface area (Å²) in [6, 6.07) is -0.723. The van der Waals surface area contributed by atoms with Crippen LogP contribution in [0.4, 0.5) is 0 Å². The second kappa shape index (κ2) is 65.6. The van der Waals surface area contributed by atoms with E-state index < -0.39 is 49.5 Å². The summed E-state index contributed by atoms with van der Waals surface area (Å²) in [6.45, 7) is 3.77. The van der Waals surface area contributed by atoms with Crippen molar-refractivity contribution >= 4 is 5.91 Å². The smallest absolute Gasteiger partial charge is 0.220 e. The van der Waals surface area contributed by atoms with E-state index >= 15 is 0 Å². The maximum atomic E-state index is 13.2. The lowest BCUT2D eigenvalue weighted by atomic mass is 9.99. The molecule has 0 radical (unpaired) electrons. The number of rotatable bonds is 65. The number of unbranched alkanes of at least 4 members (excludes halogenated alkanes) is 43. The minimum Gasteiger partial charge on any atom is -0.394 e. The molecular weight excluding hydrogens is 1070 g/mol. The molecule has 1 amide bonds. The van der Waals surface area contributed by atoms with E-state index in [-0.39, 0.29) is 12.5 Å². The second-order valence-corrected chi connectivity index (χ2v) is 25.7. The zero-order valence-electron chi connectivity index (χ0n) is 56.3. The van der Waals surface area contributed by atoms with Gasteiger partial charge in [-0.3, -0.25) is 4.79 Å². The van der Waals surface area contributed by atoms with Crippen LogP contribution in [0.1, 0.15) is 354 Å². The number of hydrogen-bond acceptors (Lipinski definition) is 8. The van der Waals surface area contributed by atoms with E-state index in [2.05, 4.69) is 92.1 Å². The molecule has 0 bridgehead atoms. The third-order valence-electron chi connectivity index (χ3n) is 17.6. The van der Waals surface area contributed by atoms with Gasteiger partial charge in [-0.1, -0.05) is 356 Å². The molecule has 0 aromatic rings. The number of carbonyl (C=O) groups is 1. The molecule has 0 saturated carbocycles. The average molecular weight is 1210 g/mol. The summed E-state index contributed by atoms with van der Waals surface area (Å²) in [4.78, 5) is 13.2. The number of aliphatic hydroxyl groups is 5. The van der Waals surface area contributed by atoms with Crippen molar-refractivity contribution in [3.63, 3.8) is 0 Å². The van der Waals surface area contributed by atoms with Crippen LogP contribution >= 0.6 is 0 Å². The third-order valence-corrected chi connectivity index (χ3v) is 17.6. The fraction of sp³-hybridized carbons (Fsp3) is 0.831. The Morgan fingerprint density at radius 2 is 0.721 bits per heavy atom. The first-order valence-corrected chi connectivity index (χ1v) is 37.1. The number of nitrogens with one attached hydrogen (secondary N) is 1. The molecular formula is C77H141NO8. The minimum absolute atomic E-state index is 0.137. The van der Waals surface area contributed by atoms with E-state index in [1.54, 1.807) is 0 Å². The Hall–Kier alpha value is -2.37. The van der Waals surface area contributed by atoms with Crippen LogP contribution in [0.15, 0.2) is 72.9 Å². The van der Waals surface area contributed by atoms with Crippen molar-refractivity contribution in [2.75, 3.05) is 13.2 Å². The molecule has 1 saturated heterocycles. The number of ether oxygens (including phenoxy) is 2. The standard InChI is InChI=1S/C77H141NO8/c1-3-5-7-9-11-13-15-17-19-21-23-25-27-29-31-33-34-35-36-37-38-39-41-43-45-47-49-51-53-55-57-59-61-63-65-67-73(81)78-70(69-85-77-76(84)75(83)74(82)72(68-79)86-77)71(80)66-64-62-60-58-56-54-52-50-48-46-44-42-40-32-30-28-26-24-22-20-18-16-14-12-10-8-6-4-2/h5,7,11,13,17,19,23,25,29,31,34-35,70-72,74-77,79-80,82-84H,3-4,6,8-10,12,14-16,18,20-22,24,26-28,30,32-33,36-69H2,1-2H3,(H,78,81)/b7-5-,13-11-,19-17-,25-23-,31-29-,35-34-. The summed E-state index contributed by atoms with van der Waals surface area (Å²) in [5.74, 6) is -0.140. The Balaban J connectivity index is 2.09. The fourth-order valence-corrected chi connectivity index (χ4v) is 11.8. The maximum absolute atomic E-state index is 13.2. The lowest BCUT2D eigenvalue weighted by Gasteiger charge is -2.40.